The number of aromatic nitrogens is 5. The zero-order valence-corrected chi connectivity index (χ0v) is 16.0. The van der Waals surface area contributed by atoms with Crippen molar-refractivity contribution in [3.8, 4) is 22.5 Å². The van der Waals surface area contributed by atoms with Gasteiger partial charge in [0.25, 0.3) is 0 Å². The van der Waals surface area contributed by atoms with Crippen LogP contribution in [0.3, 0.4) is 0 Å². The molecule has 0 amide bonds. The van der Waals surface area contributed by atoms with Crippen molar-refractivity contribution in [2.24, 2.45) is 0 Å². The molecule has 0 fully saturated rings. The third-order valence-electron chi connectivity index (χ3n) is 4.74. The van der Waals surface area contributed by atoms with E-state index in [1.807, 2.05) is 44.4 Å². The van der Waals surface area contributed by atoms with Crippen LogP contribution < -0.4 is 0 Å². The van der Waals surface area contributed by atoms with Gasteiger partial charge in [-0.15, -0.1) is 0 Å². The lowest BCUT2D eigenvalue weighted by Crippen LogP contribution is -2.01. The molecule has 0 aliphatic heterocycles. The number of nitrogens with zero attached hydrogens (tertiary/aromatic N) is 4. The summed E-state index contributed by atoms with van der Waals surface area (Å²) in [5.41, 5.74) is 7.06. The van der Waals surface area contributed by atoms with Gasteiger partial charge < -0.3 is 9.09 Å². The summed E-state index contributed by atoms with van der Waals surface area (Å²) in [4.78, 5) is 4.72. The number of aryl methyl sites for hydroxylation is 2. The minimum absolute atomic E-state index is 0.336. The quantitative estimate of drug-likeness (QED) is 0.558. The minimum Gasteiger partial charge on any atom is -0.359 e. The van der Waals surface area contributed by atoms with Crippen molar-refractivity contribution in [3.05, 3.63) is 65.6 Å². The van der Waals surface area contributed by atoms with Crippen LogP contribution in [0.2, 0.25) is 0 Å². The van der Waals surface area contributed by atoms with Gasteiger partial charge >= 0.3 is 0 Å². The first-order chi connectivity index (χ1) is 13.0. The van der Waals surface area contributed by atoms with Gasteiger partial charge in [0.1, 0.15) is 0 Å². The molecule has 27 heavy (non-hydrogen) atoms. The van der Waals surface area contributed by atoms with Crippen molar-refractivity contribution in [2.45, 2.75) is 40.2 Å². The van der Waals surface area contributed by atoms with Gasteiger partial charge in [-0.25, -0.2) is 4.98 Å². The normalized spacial score (nSPS) is 11.4. The molecule has 1 N–H and O–H groups in total. The summed E-state index contributed by atoms with van der Waals surface area (Å²) in [5.74, 6) is 1.15. The smallest absolute Gasteiger partial charge is 0.156 e. The van der Waals surface area contributed by atoms with Crippen molar-refractivity contribution >= 4 is 0 Å². The first-order valence-corrected chi connectivity index (χ1v) is 9.12. The van der Waals surface area contributed by atoms with Crippen molar-refractivity contribution < 1.29 is 4.52 Å². The second kappa shape index (κ2) is 6.87. The van der Waals surface area contributed by atoms with E-state index < -0.39 is 0 Å². The lowest BCUT2D eigenvalue weighted by Gasteiger charge is -2.10. The van der Waals surface area contributed by atoms with E-state index in [-0.39, 0.29) is 0 Å². The topological polar surface area (TPSA) is 72.5 Å². The summed E-state index contributed by atoms with van der Waals surface area (Å²) in [6.07, 6.45) is 1.86. The highest BCUT2D eigenvalue weighted by molar-refractivity contribution is 5.80. The third-order valence-corrected chi connectivity index (χ3v) is 4.74. The number of H-pyrrole nitrogens is 1. The Labute approximate surface area is 158 Å². The van der Waals surface area contributed by atoms with Crippen LogP contribution in [0.25, 0.3) is 22.5 Å². The van der Waals surface area contributed by atoms with E-state index in [0.29, 0.717) is 12.5 Å². The fourth-order valence-corrected chi connectivity index (χ4v) is 3.31. The predicted octanol–water partition coefficient (Wildman–Crippen LogP) is 4.72. The van der Waals surface area contributed by atoms with Crippen molar-refractivity contribution in [2.75, 3.05) is 0 Å². The van der Waals surface area contributed by atoms with Crippen LogP contribution in [0.15, 0.2) is 47.2 Å². The highest BCUT2D eigenvalue weighted by Crippen LogP contribution is 2.34. The molecule has 4 rings (SSSR count). The highest BCUT2D eigenvalue weighted by Gasteiger charge is 2.21. The maximum Gasteiger partial charge on any atom is 0.156 e. The molecule has 6 nitrogen and oxygen atoms in total. The Hall–Kier alpha value is -3.15. The van der Waals surface area contributed by atoms with Gasteiger partial charge in [-0.2, -0.15) is 5.10 Å². The van der Waals surface area contributed by atoms with Crippen molar-refractivity contribution in [3.63, 3.8) is 0 Å². The number of hydrogen-bond acceptors (Lipinski definition) is 4. The molecule has 1 aromatic carbocycles. The molecule has 0 aliphatic carbocycles. The number of rotatable bonds is 5. The molecule has 0 radical (unpaired) electrons. The van der Waals surface area contributed by atoms with Gasteiger partial charge in [-0.3, -0.25) is 5.10 Å². The molecule has 0 bridgehead atoms. The monoisotopic (exact) mass is 361 g/mol. The molecular formula is C21H23N5O. The Bertz CT molecular complexity index is 1040. The lowest BCUT2D eigenvalue weighted by atomic mass is 10.0. The molecule has 0 atom stereocenters. The van der Waals surface area contributed by atoms with Crippen LogP contribution in [-0.2, 0) is 6.54 Å². The summed E-state index contributed by atoms with van der Waals surface area (Å²) in [5, 5.41) is 11.6. The van der Waals surface area contributed by atoms with Crippen LogP contribution in [0.4, 0.5) is 0 Å². The Kier molecular flexibility index (Phi) is 4.39. The number of imidazole rings is 1. The van der Waals surface area contributed by atoms with Crippen LogP contribution >= 0.6 is 0 Å². The molecule has 0 saturated heterocycles. The summed E-state index contributed by atoms with van der Waals surface area (Å²) < 4.78 is 7.66. The van der Waals surface area contributed by atoms with E-state index >= 15 is 0 Å². The van der Waals surface area contributed by atoms with Gasteiger partial charge in [0.2, 0.25) is 0 Å². The maximum absolute atomic E-state index is 5.56. The zero-order valence-electron chi connectivity index (χ0n) is 16.0. The second-order valence-corrected chi connectivity index (χ2v) is 7.12. The molecule has 3 aromatic heterocycles. The van der Waals surface area contributed by atoms with E-state index in [9.17, 15) is 0 Å². The van der Waals surface area contributed by atoms with E-state index in [1.165, 1.54) is 0 Å². The summed E-state index contributed by atoms with van der Waals surface area (Å²) >= 11 is 0. The first-order valence-electron chi connectivity index (χ1n) is 9.12. The molecule has 6 heteroatoms. The number of hydrogen-bond donors (Lipinski definition) is 1. The van der Waals surface area contributed by atoms with Gasteiger partial charge in [0, 0.05) is 22.9 Å². The van der Waals surface area contributed by atoms with E-state index in [4.69, 9.17) is 9.51 Å². The SMILES string of the molecule is Cc1n[nH]c(C)c1-c1c(-c2ccccc2)ncn1Cc1cc(C(C)C)no1. The lowest BCUT2D eigenvalue weighted by molar-refractivity contribution is 0.369. The standard InChI is InChI=1S/C21H23N5O/c1-13(2)18-10-17(27-25-18)11-26-12-22-20(16-8-6-5-7-9-16)21(26)19-14(3)23-24-15(19)4/h5-10,12-13H,11H2,1-4H3,(H,23,24). The van der Waals surface area contributed by atoms with Gasteiger partial charge in [-0.05, 0) is 19.8 Å². The first kappa shape index (κ1) is 17.3. The molecule has 0 unspecified atom stereocenters. The summed E-state index contributed by atoms with van der Waals surface area (Å²) in [6, 6.07) is 12.2. The van der Waals surface area contributed by atoms with Crippen LogP contribution in [0, 0.1) is 13.8 Å². The molecule has 138 valence electrons. The maximum atomic E-state index is 5.56. The van der Waals surface area contributed by atoms with Gasteiger partial charge in [0.05, 0.1) is 35.6 Å². The molecule has 0 spiro atoms. The fourth-order valence-electron chi connectivity index (χ4n) is 3.31. The van der Waals surface area contributed by atoms with Gasteiger partial charge in [-0.1, -0.05) is 49.3 Å². The number of aromatic amines is 1. The summed E-state index contributed by atoms with van der Waals surface area (Å²) in [7, 11) is 0. The summed E-state index contributed by atoms with van der Waals surface area (Å²) in [6.45, 7) is 8.83. The third kappa shape index (κ3) is 3.18. The van der Waals surface area contributed by atoms with Crippen LogP contribution in [-0.4, -0.2) is 24.9 Å². The molecular weight excluding hydrogens is 338 g/mol. The molecule has 3 heterocycles. The average molecular weight is 361 g/mol. The zero-order chi connectivity index (χ0) is 19.0. The Morgan fingerprint density at radius 2 is 1.93 bits per heavy atom. The number of nitrogens with one attached hydrogen (secondary N) is 1. The fraction of sp³-hybridized carbons (Fsp3) is 0.286. The van der Waals surface area contributed by atoms with E-state index in [0.717, 1.165) is 45.4 Å². The number of benzene rings is 1. The Morgan fingerprint density at radius 3 is 2.56 bits per heavy atom. The molecule has 0 aliphatic rings. The second-order valence-electron chi connectivity index (χ2n) is 7.12. The van der Waals surface area contributed by atoms with E-state index in [2.05, 4.69) is 45.9 Å². The van der Waals surface area contributed by atoms with E-state index in [1.54, 1.807) is 0 Å². The Morgan fingerprint density at radius 1 is 1.15 bits per heavy atom. The Balaban J connectivity index is 1.83. The predicted molar refractivity (Wildman–Crippen MR) is 104 cm³/mol. The molecule has 4 aromatic rings. The molecule has 0 saturated carbocycles. The largest absolute Gasteiger partial charge is 0.359 e. The van der Waals surface area contributed by atoms with Crippen molar-refractivity contribution in [1.82, 2.24) is 24.9 Å². The average Bonchev–Trinajstić information content (AvgIpc) is 3.36. The van der Waals surface area contributed by atoms with Crippen LogP contribution in [0.1, 0.15) is 42.6 Å². The highest BCUT2D eigenvalue weighted by atomic mass is 16.5. The minimum atomic E-state index is 0.336. The van der Waals surface area contributed by atoms with Crippen molar-refractivity contribution in [1.29, 1.82) is 0 Å². The van der Waals surface area contributed by atoms with Crippen LogP contribution in [0.5, 0.6) is 0 Å². The van der Waals surface area contributed by atoms with Gasteiger partial charge in [0.15, 0.2) is 5.76 Å².